The Morgan fingerprint density at radius 1 is 1.08 bits per heavy atom. The third kappa shape index (κ3) is 5.21. The zero-order valence-electron chi connectivity index (χ0n) is 20.8. The number of nitrogens with one attached hydrogen (secondary N) is 2. The SMILES string of the molecule is Cc1cc([S+](C)[O-])ccc1/C(=C(\c1ccc(/C=C/C(=O)O)cc1)c1ccc2c(c1)C(F)NN2)C1CCC1. The number of rotatable bonds is 7. The zero-order chi connectivity index (χ0) is 26.1. The van der Waals surface area contributed by atoms with E-state index in [0.717, 1.165) is 69.3 Å². The van der Waals surface area contributed by atoms with Crippen LogP contribution >= 0.6 is 0 Å². The summed E-state index contributed by atoms with van der Waals surface area (Å²) >= 11 is -1.07. The maximum absolute atomic E-state index is 14.6. The molecule has 0 spiro atoms. The van der Waals surface area contributed by atoms with E-state index in [9.17, 15) is 13.7 Å². The number of hydrazine groups is 1. The molecular formula is C30H29FN2O3S. The average Bonchev–Trinajstić information content (AvgIpc) is 3.22. The third-order valence-corrected chi connectivity index (χ3v) is 8.09. The predicted molar refractivity (Wildman–Crippen MR) is 147 cm³/mol. The average molecular weight is 517 g/mol. The number of allylic oxidation sites excluding steroid dienone is 1. The molecule has 1 aliphatic heterocycles. The van der Waals surface area contributed by atoms with Crippen molar-refractivity contribution in [3.63, 3.8) is 0 Å². The zero-order valence-corrected chi connectivity index (χ0v) is 21.6. The first-order valence-electron chi connectivity index (χ1n) is 12.3. The Hall–Kier alpha value is -3.39. The van der Waals surface area contributed by atoms with Gasteiger partial charge in [0.2, 0.25) is 0 Å². The fourth-order valence-electron chi connectivity index (χ4n) is 5.04. The molecule has 3 N–H and O–H groups in total. The van der Waals surface area contributed by atoms with Crippen molar-refractivity contribution in [2.45, 2.75) is 37.4 Å². The van der Waals surface area contributed by atoms with Crippen molar-refractivity contribution in [1.29, 1.82) is 0 Å². The predicted octanol–water partition coefficient (Wildman–Crippen LogP) is 6.49. The lowest BCUT2D eigenvalue weighted by Crippen LogP contribution is -2.16. The van der Waals surface area contributed by atoms with Gasteiger partial charge >= 0.3 is 5.97 Å². The van der Waals surface area contributed by atoms with E-state index in [1.807, 2.05) is 54.6 Å². The van der Waals surface area contributed by atoms with Crippen molar-refractivity contribution >= 4 is 40.1 Å². The van der Waals surface area contributed by atoms with Crippen molar-refractivity contribution in [2.75, 3.05) is 11.7 Å². The highest BCUT2D eigenvalue weighted by Crippen LogP contribution is 2.47. The van der Waals surface area contributed by atoms with Crippen LogP contribution in [0.3, 0.4) is 0 Å². The number of halogens is 1. The van der Waals surface area contributed by atoms with Crippen LogP contribution in [0.4, 0.5) is 10.1 Å². The minimum Gasteiger partial charge on any atom is -0.612 e. The molecule has 37 heavy (non-hydrogen) atoms. The molecule has 5 rings (SSSR count). The van der Waals surface area contributed by atoms with E-state index in [2.05, 4.69) is 23.8 Å². The Kier molecular flexibility index (Phi) is 7.20. The maximum Gasteiger partial charge on any atom is 0.328 e. The molecule has 0 radical (unpaired) electrons. The van der Waals surface area contributed by atoms with Gasteiger partial charge in [0.05, 0.1) is 5.69 Å². The topological polar surface area (TPSA) is 84.4 Å². The van der Waals surface area contributed by atoms with Crippen LogP contribution in [0.2, 0.25) is 0 Å². The highest BCUT2D eigenvalue weighted by atomic mass is 32.2. The first-order valence-corrected chi connectivity index (χ1v) is 13.9. The maximum atomic E-state index is 14.6. The number of hydrogen-bond acceptors (Lipinski definition) is 4. The van der Waals surface area contributed by atoms with Gasteiger partial charge in [-0.25, -0.2) is 14.6 Å². The van der Waals surface area contributed by atoms with E-state index in [1.54, 1.807) is 12.3 Å². The Labute approximate surface area is 219 Å². The number of anilines is 1. The molecule has 0 amide bonds. The second-order valence-electron chi connectivity index (χ2n) is 9.57. The van der Waals surface area contributed by atoms with E-state index in [1.165, 1.54) is 5.57 Å². The van der Waals surface area contributed by atoms with E-state index in [-0.39, 0.29) is 0 Å². The molecule has 2 aliphatic rings. The van der Waals surface area contributed by atoms with Crippen molar-refractivity contribution in [2.24, 2.45) is 5.92 Å². The number of aliphatic carboxylic acids is 1. The normalized spacial score (nSPS) is 18.6. The number of carboxylic acids is 1. The summed E-state index contributed by atoms with van der Waals surface area (Å²) in [5.74, 6) is -0.645. The van der Waals surface area contributed by atoms with Gasteiger partial charge in [0, 0.05) is 11.6 Å². The van der Waals surface area contributed by atoms with E-state index in [4.69, 9.17) is 5.11 Å². The summed E-state index contributed by atoms with van der Waals surface area (Å²) in [7, 11) is 0. The molecule has 1 heterocycles. The number of alkyl halides is 1. The van der Waals surface area contributed by atoms with E-state index in [0.29, 0.717) is 11.5 Å². The molecule has 5 nitrogen and oxygen atoms in total. The van der Waals surface area contributed by atoms with Gasteiger partial charge in [0.25, 0.3) is 0 Å². The quantitative estimate of drug-likeness (QED) is 0.145. The number of hydrogen-bond donors (Lipinski definition) is 3. The smallest absolute Gasteiger partial charge is 0.328 e. The van der Waals surface area contributed by atoms with E-state index >= 15 is 0 Å². The van der Waals surface area contributed by atoms with Gasteiger partial charge in [-0.15, -0.1) is 0 Å². The summed E-state index contributed by atoms with van der Waals surface area (Å²) in [4.78, 5) is 11.7. The monoisotopic (exact) mass is 516 g/mol. The highest BCUT2D eigenvalue weighted by Gasteiger charge is 2.30. The molecule has 1 aliphatic carbocycles. The van der Waals surface area contributed by atoms with Gasteiger partial charge in [-0.05, 0) is 112 Å². The third-order valence-electron chi connectivity index (χ3n) is 7.17. The van der Waals surface area contributed by atoms with Crippen molar-refractivity contribution < 1.29 is 18.8 Å². The summed E-state index contributed by atoms with van der Waals surface area (Å²) in [5.41, 5.74) is 13.9. The van der Waals surface area contributed by atoms with Crippen LogP contribution in [0, 0.1) is 12.8 Å². The molecule has 0 saturated heterocycles. The number of carboxylic acid groups (broad SMARTS) is 1. The molecule has 0 bridgehead atoms. The van der Waals surface area contributed by atoms with Crippen LogP contribution in [0.25, 0.3) is 17.2 Å². The van der Waals surface area contributed by atoms with Gasteiger partial charge in [-0.2, -0.15) is 0 Å². The van der Waals surface area contributed by atoms with Crippen molar-refractivity contribution in [3.05, 3.63) is 100 Å². The second kappa shape index (κ2) is 10.5. The lowest BCUT2D eigenvalue weighted by atomic mass is 9.72. The number of carbonyl (C=O) groups is 1. The number of aryl methyl sites for hydroxylation is 1. The van der Waals surface area contributed by atoms with Crippen molar-refractivity contribution in [3.8, 4) is 0 Å². The van der Waals surface area contributed by atoms with Crippen molar-refractivity contribution in [1.82, 2.24) is 5.43 Å². The first-order chi connectivity index (χ1) is 17.8. The van der Waals surface area contributed by atoms with Crippen LogP contribution in [0.1, 0.15) is 58.9 Å². The van der Waals surface area contributed by atoms with Crippen LogP contribution in [-0.2, 0) is 16.0 Å². The minimum atomic E-state index is -1.30. The number of benzene rings is 3. The molecule has 0 aromatic heterocycles. The summed E-state index contributed by atoms with van der Waals surface area (Å²) in [6.45, 7) is 2.05. The molecule has 190 valence electrons. The van der Waals surface area contributed by atoms with E-state index < -0.39 is 23.4 Å². The molecular weight excluding hydrogens is 487 g/mol. The standard InChI is InChI=1S/C30H29FN2O3S/c1-18-16-23(37(2)36)12-13-24(18)29(20-4-3-5-20)28(21-9-6-19(7-10-21)8-15-27(34)35)22-11-14-26-25(17-22)30(31)33-32-26/h6-17,20,30,32-33H,3-5H2,1-2H3,(H,34,35)/b15-8+,29-28+. The molecule has 3 aromatic rings. The largest absolute Gasteiger partial charge is 0.612 e. The van der Waals surface area contributed by atoms with Crippen LogP contribution in [-0.4, -0.2) is 21.9 Å². The summed E-state index contributed by atoms with van der Waals surface area (Å²) in [6, 6.07) is 19.6. The Morgan fingerprint density at radius 3 is 2.43 bits per heavy atom. The van der Waals surface area contributed by atoms with Crippen LogP contribution < -0.4 is 10.9 Å². The fourth-order valence-corrected chi connectivity index (χ4v) is 5.64. The number of fused-ring (bicyclic) bond motifs is 1. The molecule has 1 saturated carbocycles. The van der Waals surface area contributed by atoms with Crippen LogP contribution in [0.15, 0.2) is 71.6 Å². The molecule has 2 atom stereocenters. The van der Waals surface area contributed by atoms with Gasteiger partial charge < -0.3 is 15.1 Å². The van der Waals surface area contributed by atoms with Gasteiger partial charge in [0.1, 0.15) is 6.26 Å². The van der Waals surface area contributed by atoms with Gasteiger partial charge in [0.15, 0.2) is 11.2 Å². The summed E-state index contributed by atoms with van der Waals surface area (Å²) < 4.78 is 26.8. The lowest BCUT2D eigenvalue weighted by Gasteiger charge is -2.32. The molecule has 2 unspecified atom stereocenters. The fraction of sp³-hybridized carbons (Fsp3) is 0.233. The Balaban J connectivity index is 1.73. The van der Waals surface area contributed by atoms with Gasteiger partial charge in [-0.3, -0.25) is 0 Å². The molecule has 7 heteroatoms. The summed E-state index contributed by atoms with van der Waals surface area (Å²) in [6.07, 6.45) is 6.36. The minimum absolute atomic E-state index is 0.351. The lowest BCUT2D eigenvalue weighted by molar-refractivity contribution is -0.131. The highest BCUT2D eigenvalue weighted by molar-refractivity contribution is 7.90. The second-order valence-corrected chi connectivity index (χ2v) is 11.0. The Morgan fingerprint density at radius 2 is 1.81 bits per heavy atom. The van der Waals surface area contributed by atoms with Gasteiger partial charge in [-0.1, -0.05) is 36.8 Å². The Bertz CT molecular complexity index is 1390. The van der Waals surface area contributed by atoms with Crippen LogP contribution in [0.5, 0.6) is 0 Å². The molecule has 1 fully saturated rings. The summed E-state index contributed by atoms with van der Waals surface area (Å²) in [5, 5.41) is 8.98. The first kappa shape index (κ1) is 25.3. The molecule has 3 aromatic carbocycles.